The van der Waals surface area contributed by atoms with Gasteiger partial charge < -0.3 is 24.8 Å². The van der Waals surface area contributed by atoms with Gasteiger partial charge in [-0.05, 0) is 45.1 Å². The van der Waals surface area contributed by atoms with Crippen LogP contribution in [0.2, 0.25) is 0 Å². The minimum atomic E-state index is -0.700. The van der Waals surface area contributed by atoms with E-state index in [0.717, 1.165) is 0 Å². The average Bonchev–Trinajstić information content (AvgIpc) is 2.50. The van der Waals surface area contributed by atoms with Crippen LogP contribution in [0.1, 0.15) is 20.8 Å². The van der Waals surface area contributed by atoms with Gasteiger partial charge in [-0.1, -0.05) is 12.1 Å². The Kier molecular flexibility index (Phi) is 7.25. The summed E-state index contributed by atoms with van der Waals surface area (Å²) < 4.78 is 15.7. The van der Waals surface area contributed by atoms with Gasteiger partial charge in [0.15, 0.2) is 5.11 Å². The first-order valence-electron chi connectivity index (χ1n) is 7.19. The molecule has 1 atom stereocenters. The first kappa shape index (κ1) is 19.2. The van der Waals surface area contributed by atoms with Crippen LogP contribution < -0.4 is 15.4 Å². The molecule has 0 aliphatic carbocycles. The zero-order valence-electron chi connectivity index (χ0n) is 14.1. The van der Waals surface area contributed by atoms with E-state index in [1.807, 2.05) is 45.0 Å². The molecule has 1 rings (SSSR count). The second kappa shape index (κ2) is 8.69. The van der Waals surface area contributed by atoms with Crippen LogP contribution in [-0.4, -0.2) is 43.6 Å². The molecule has 1 unspecified atom stereocenters. The molecule has 0 radical (unpaired) electrons. The Morgan fingerprint density at radius 2 is 1.91 bits per heavy atom. The normalized spacial score (nSPS) is 12.2. The minimum Gasteiger partial charge on any atom is -0.495 e. The molecule has 23 heavy (non-hydrogen) atoms. The molecule has 2 N–H and O–H groups in total. The number of anilines is 1. The average molecular weight is 340 g/mol. The molecule has 0 aliphatic heterocycles. The molecule has 6 nitrogen and oxygen atoms in total. The number of nitrogens with one attached hydrogen (secondary N) is 2. The van der Waals surface area contributed by atoms with Gasteiger partial charge >= 0.3 is 5.97 Å². The van der Waals surface area contributed by atoms with Crippen molar-refractivity contribution >= 4 is 29.0 Å². The molecule has 0 heterocycles. The number of carbonyl (C=O) groups is 1. The molecule has 0 fully saturated rings. The van der Waals surface area contributed by atoms with E-state index in [4.69, 9.17) is 26.4 Å². The van der Waals surface area contributed by atoms with Crippen LogP contribution in [-0.2, 0) is 14.3 Å². The van der Waals surface area contributed by atoms with Gasteiger partial charge in [0.05, 0.1) is 32.1 Å². The topological polar surface area (TPSA) is 68.8 Å². The van der Waals surface area contributed by atoms with Gasteiger partial charge in [0.1, 0.15) is 11.8 Å². The Balaban J connectivity index is 2.71. The standard InChI is InChI=1S/C16H24N2O4S/c1-16(2,3)22-10-12(14(19)21-5)18-15(23)17-11-8-6-7-9-13(11)20-4/h6-9,12H,10H2,1-5H3,(H2,17,18,23). The number of carbonyl (C=O) groups excluding carboxylic acids is 1. The predicted molar refractivity (Wildman–Crippen MR) is 93.9 cm³/mol. The third-order valence-electron chi connectivity index (χ3n) is 2.83. The summed E-state index contributed by atoms with van der Waals surface area (Å²) in [7, 11) is 2.90. The molecule has 0 aliphatic rings. The summed E-state index contributed by atoms with van der Waals surface area (Å²) in [6, 6.07) is 6.65. The molecule has 1 aromatic rings. The molecule has 0 aromatic heterocycles. The van der Waals surface area contributed by atoms with Gasteiger partial charge in [0.25, 0.3) is 0 Å². The molecular weight excluding hydrogens is 316 g/mol. The molecule has 0 saturated carbocycles. The monoisotopic (exact) mass is 340 g/mol. The van der Waals surface area contributed by atoms with Crippen molar-refractivity contribution < 1.29 is 19.0 Å². The Labute approximate surface area is 142 Å². The van der Waals surface area contributed by atoms with E-state index < -0.39 is 12.0 Å². The van der Waals surface area contributed by atoms with E-state index in [1.54, 1.807) is 7.11 Å². The number of benzene rings is 1. The maximum Gasteiger partial charge on any atom is 0.330 e. The highest BCUT2D eigenvalue weighted by atomic mass is 32.1. The first-order chi connectivity index (χ1) is 10.8. The second-order valence-corrected chi connectivity index (χ2v) is 6.21. The Bertz CT molecular complexity index is 543. The summed E-state index contributed by atoms with van der Waals surface area (Å²) in [6.45, 7) is 5.87. The quantitative estimate of drug-likeness (QED) is 0.608. The van der Waals surface area contributed by atoms with Crippen LogP contribution in [0.3, 0.4) is 0 Å². The number of thiocarbonyl (C=S) groups is 1. The number of hydrogen-bond acceptors (Lipinski definition) is 5. The van der Waals surface area contributed by atoms with Crippen molar-refractivity contribution in [2.75, 3.05) is 26.1 Å². The number of methoxy groups -OCH3 is 2. The molecule has 1 aromatic carbocycles. The summed E-state index contributed by atoms with van der Waals surface area (Å²) in [5.74, 6) is 0.204. The van der Waals surface area contributed by atoms with Crippen molar-refractivity contribution in [3.63, 3.8) is 0 Å². The fourth-order valence-electron chi connectivity index (χ4n) is 1.71. The number of ether oxygens (including phenoxy) is 3. The van der Waals surface area contributed by atoms with Crippen molar-refractivity contribution in [2.24, 2.45) is 0 Å². The van der Waals surface area contributed by atoms with E-state index in [1.165, 1.54) is 7.11 Å². The van der Waals surface area contributed by atoms with Crippen molar-refractivity contribution in [1.82, 2.24) is 5.32 Å². The van der Waals surface area contributed by atoms with E-state index in [-0.39, 0.29) is 17.3 Å². The van der Waals surface area contributed by atoms with E-state index in [2.05, 4.69) is 10.6 Å². The lowest BCUT2D eigenvalue weighted by molar-refractivity contribution is -0.145. The maximum atomic E-state index is 11.9. The smallest absolute Gasteiger partial charge is 0.330 e. The van der Waals surface area contributed by atoms with Crippen LogP contribution in [0.4, 0.5) is 5.69 Å². The van der Waals surface area contributed by atoms with Crippen LogP contribution in [0, 0.1) is 0 Å². The van der Waals surface area contributed by atoms with Gasteiger partial charge in [0.2, 0.25) is 0 Å². The van der Waals surface area contributed by atoms with Crippen molar-refractivity contribution in [3.05, 3.63) is 24.3 Å². The first-order valence-corrected chi connectivity index (χ1v) is 7.60. The van der Waals surface area contributed by atoms with Crippen molar-refractivity contribution in [2.45, 2.75) is 32.4 Å². The van der Waals surface area contributed by atoms with Gasteiger partial charge in [-0.2, -0.15) is 0 Å². The maximum absolute atomic E-state index is 11.9. The molecule has 128 valence electrons. The van der Waals surface area contributed by atoms with Gasteiger partial charge in [-0.25, -0.2) is 4.79 Å². The third-order valence-corrected chi connectivity index (χ3v) is 3.05. The van der Waals surface area contributed by atoms with Gasteiger partial charge in [0, 0.05) is 0 Å². The highest BCUT2D eigenvalue weighted by Gasteiger charge is 2.23. The lowest BCUT2D eigenvalue weighted by Crippen LogP contribution is -2.47. The fourth-order valence-corrected chi connectivity index (χ4v) is 1.96. The number of rotatable bonds is 6. The number of esters is 1. The molecule has 7 heteroatoms. The Morgan fingerprint density at radius 3 is 2.48 bits per heavy atom. The van der Waals surface area contributed by atoms with Gasteiger partial charge in [-0.15, -0.1) is 0 Å². The predicted octanol–water partition coefficient (Wildman–Crippen LogP) is 2.34. The van der Waals surface area contributed by atoms with E-state index in [9.17, 15) is 4.79 Å². The molecule has 0 amide bonds. The summed E-state index contributed by atoms with van der Waals surface area (Å²) in [4.78, 5) is 11.9. The molecule has 0 saturated heterocycles. The summed E-state index contributed by atoms with van der Waals surface area (Å²) in [6.07, 6.45) is 0. The highest BCUT2D eigenvalue weighted by Crippen LogP contribution is 2.22. The molecular formula is C16H24N2O4S. The second-order valence-electron chi connectivity index (χ2n) is 5.80. The fraction of sp³-hybridized carbons (Fsp3) is 0.500. The van der Waals surface area contributed by atoms with Crippen LogP contribution in [0.15, 0.2) is 24.3 Å². The lowest BCUT2D eigenvalue weighted by atomic mass is 10.2. The summed E-state index contributed by atoms with van der Waals surface area (Å²) in [5, 5.41) is 6.19. The molecule has 0 spiro atoms. The SMILES string of the molecule is COC(=O)C(COC(C)(C)C)NC(=S)Nc1ccccc1OC. The van der Waals surface area contributed by atoms with Crippen molar-refractivity contribution in [1.29, 1.82) is 0 Å². The summed E-state index contributed by atoms with van der Waals surface area (Å²) >= 11 is 5.25. The van der Waals surface area contributed by atoms with Crippen LogP contribution >= 0.6 is 12.2 Å². The zero-order valence-corrected chi connectivity index (χ0v) is 15.0. The number of para-hydroxylation sites is 2. The summed E-state index contributed by atoms with van der Waals surface area (Å²) in [5.41, 5.74) is 0.332. The minimum absolute atomic E-state index is 0.143. The Morgan fingerprint density at radius 1 is 1.26 bits per heavy atom. The van der Waals surface area contributed by atoms with E-state index in [0.29, 0.717) is 11.4 Å². The zero-order chi connectivity index (χ0) is 17.5. The third kappa shape index (κ3) is 6.83. The Hall–Kier alpha value is -1.86. The van der Waals surface area contributed by atoms with Crippen LogP contribution in [0.5, 0.6) is 5.75 Å². The van der Waals surface area contributed by atoms with Crippen molar-refractivity contribution in [3.8, 4) is 5.75 Å². The largest absolute Gasteiger partial charge is 0.495 e. The number of hydrogen-bond donors (Lipinski definition) is 2. The highest BCUT2D eigenvalue weighted by molar-refractivity contribution is 7.80. The van der Waals surface area contributed by atoms with Crippen LogP contribution in [0.25, 0.3) is 0 Å². The van der Waals surface area contributed by atoms with Gasteiger partial charge in [-0.3, -0.25) is 0 Å². The lowest BCUT2D eigenvalue weighted by Gasteiger charge is -2.24. The van der Waals surface area contributed by atoms with E-state index >= 15 is 0 Å². The molecule has 0 bridgehead atoms.